The lowest BCUT2D eigenvalue weighted by molar-refractivity contribution is -0.106. The number of rotatable bonds is 4. The first-order valence-electron chi connectivity index (χ1n) is 2.48. The Bertz CT molecular complexity index is 67.4. The van der Waals surface area contributed by atoms with E-state index >= 15 is 0 Å². The lowest BCUT2D eigenvalue weighted by atomic mass is 10.6. The highest BCUT2D eigenvalue weighted by Gasteiger charge is 1.97. The van der Waals surface area contributed by atoms with Gasteiger partial charge in [-0.3, -0.25) is 0 Å². The molecule has 0 bridgehead atoms. The summed E-state index contributed by atoms with van der Waals surface area (Å²) in [6.45, 7) is 2.10. The summed E-state index contributed by atoms with van der Waals surface area (Å²) in [5, 5.41) is 0. The van der Waals surface area contributed by atoms with Crippen molar-refractivity contribution < 1.29 is 4.79 Å². The van der Waals surface area contributed by atoms with E-state index in [1.807, 2.05) is 0 Å². The Morgan fingerprint density at radius 1 is 1.88 bits per heavy atom. The highest BCUT2D eigenvalue weighted by atomic mass is 127. The van der Waals surface area contributed by atoms with Crippen LogP contribution in [0.4, 0.5) is 0 Å². The zero-order chi connectivity index (χ0) is 6.41. The molecule has 0 aliphatic rings. The molecule has 0 N–H and O–H groups in total. The second kappa shape index (κ2) is 5.88. The minimum Gasteiger partial charge on any atom is -0.302 e. The van der Waals surface area contributed by atoms with E-state index in [0.717, 1.165) is 17.8 Å². The summed E-state index contributed by atoms with van der Waals surface area (Å²) in [5.74, 6) is 2.06. The van der Waals surface area contributed by atoms with Gasteiger partial charge in [-0.05, 0) is 5.75 Å². The van der Waals surface area contributed by atoms with Crippen LogP contribution in [0.3, 0.4) is 0 Å². The monoisotopic (exact) mass is 244 g/mol. The predicted molar refractivity (Wildman–Crippen MR) is 46.9 cm³/mol. The van der Waals surface area contributed by atoms with Gasteiger partial charge in [0.2, 0.25) is 0 Å². The molecule has 8 heavy (non-hydrogen) atoms. The molecule has 1 unspecified atom stereocenters. The predicted octanol–water partition coefficient (Wildman–Crippen LogP) is 1.74. The summed E-state index contributed by atoms with van der Waals surface area (Å²) in [4.78, 5) is 9.99. The third-order valence-corrected chi connectivity index (χ3v) is 2.96. The van der Waals surface area contributed by atoms with Gasteiger partial charge >= 0.3 is 0 Å². The third kappa shape index (κ3) is 4.90. The first-order chi connectivity index (χ1) is 3.81. The maximum atomic E-state index is 9.99. The van der Waals surface area contributed by atoms with Gasteiger partial charge in [0.05, 0.1) is 3.92 Å². The van der Waals surface area contributed by atoms with Crippen LogP contribution in [0.15, 0.2) is 0 Å². The Kier molecular flexibility index (Phi) is 6.43. The van der Waals surface area contributed by atoms with Crippen LogP contribution in [0.2, 0.25) is 0 Å². The Morgan fingerprint density at radius 2 is 2.50 bits per heavy atom. The van der Waals surface area contributed by atoms with Gasteiger partial charge in [-0.2, -0.15) is 11.8 Å². The summed E-state index contributed by atoms with van der Waals surface area (Å²) in [7, 11) is 0. The number of thioether (sulfide) groups is 1. The van der Waals surface area contributed by atoms with Crippen molar-refractivity contribution in [3.05, 3.63) is 0 Å². The van der Waals surface area contributed by atoms with Crippen LogP contribution < -0.4 is 0 Å². The smallest absolute Gasteiger partial charge is 0.133 e. The average molecular weight is 244 g/mol. The van der Waals surface area contributed by atoms with Crippen molar-refractivity contribution in [2.75, 3.05) is 11.5 Å². The molecule has 0 amide bonds. The van der Waals surface area contributed by atoms with E-state index in [9.17, 15) is 4.79 Å². The van der Waals surface area contributed by atoms with Gasteiger partial charge in [0, 0.05) is 5.75 Å². The lowest BCUT2D eigenvalue weighted by Crippen LogP contribution is -2.01. The molecule has 0 heterocycles. The standard InChI is InChI=1S/C5H9IOS/c1-2-8-4-5(6)3-7/h3,5H,2,4H2,1H3. The minimum absolute atomic E-state index is 0.206. The number of halogens is 1. The molecule has 0 saturated carbocycles. The normalized spacial score (nSPS) is 13.2. The topological polar surface area (TPSA) is 17.1 Å². The molecule has 0 saturated heterocycles. The zero-order valence-corrected chi connectivity index (χ0v) is 7.74. The van der Waals surface area contributed by atoms with Crippen LogP contribution in [0.25, 0.3) is 0 Å². The fraction of sp³-hybridized carbons (Fsp3) is 0.800. The molecule has 0 fully saturated rings. The van der Waals surface area contributed by atoms with E-state index < -0.39 is 0 Å². The summed E-state index contributed by atoms with van der Waals surface area (Å²) >= 11 is 3.94. The molecule has 0 aromatic heterocycles. The fourth-order valence-electron chi connectivity index (χ4n) is 0.270. The van der Waals surface area contributed by atoms with Crippen LogP contribution in [-0.2, 0) is 4.79 Å². The number of hydrogen-bond donors (Lipinski definition) is 0. The quantitative estimate of drug-likeness (QED) is 0.425. The largest absolute Gasteiger partial charge is 0.302 e. The molecule has 0 aliphatic carbocycles. The Labute approximate surface area is 67.7 Å². The average Bonchev–Trinajstić information content (AvgIpc) is 1.83. The number of carbonyl (C=O) groups is 1. The van der Waals surface area contributed by atoms with E-state index in [0.29, 0.717) is 0 Å². The maximum absolute atomic E-state index is 9.99. The van der Waals surface area contributed by atoms with Crippen molar-refractivity contribution in [2.24, 2.45) is 0 Å². The van der Waals surface area contributed by atoms with Crippen molar-refractivity contribution in [3.63, 3.8) is 0 Å². The Hall–Kier alpha value is 0.750. The van der Waals surface area contributed by atoms with Crippen LogP contribution in [0, 0.1) is 0 Å². The van der Waals surface area contributed by atoms with Gasteiger partial charge < -0.3 is 4.79 Å². The zero-order valence-electron chi connectivity index (χ0n) is 4.76. The molecule has 0 aliphatic heterocycles. The van der Waals surface area contributed by atoms with Crippen molar-refractivity contribution in [1.29, 1.82) is 0 Å². The molecule has 0 spiro atoms. The molecule has 0 rings (SSSR count). The first-order valence-corrected chi connectivity index (χ1v) is 4.88. The molecule has 1 nitrogen and oxygen atoms in total. The molecular weight excluding hydrogens is 235 g/mol. The lowest BCUT2D eigenvalue weighted by Gasteiger charge is -1.96. The van der Waals surface area contributed by atoms with Crippen LogP contribution in [0.5, 0.6) is 0 Å². The highest BCUT2D eigenvalue weighted by Crippen LogP contribution is 2.06. The molecule has 0 radical (unpaired) electrons. The summed E-state index contributed by atoms with van der Waals surface area (Å²) < 4.78 is 0.206. The van der Waals surface area contributed by atoms with Gasteiger partial charge in [0.25, 0.3) is 0 Å². The van der Waals surface area contributed by atoms with Gasteiger partial charge in [0.15, 0.2) is 0 Å². The summed E-state index contributed by atoms with van der Waals surface area (Å²) in [6.07, 6.45) is 0.989. The SMILES string of the molecule is CCSCC(I)C=O. The second-order valence-corrected chi connectivity index (χ2v) is 4.23. The molecule has 1 atom stereocenters. The van der Waals surface area contributed by atoms with Crippen molar-refractivity contribution in [2.45, 2.75) is 10.8 Å². The van der Waals surface area contributed by atoms with E-state index in [1.54, 1.807) is 11.8 Å². The number of alkyl halides is 1. The molecule has 48 valence electrons. The number of hydrogen-bond acceptors (Lipinski definition) is 2. The van der Waals surface area contributed by atoms with E-state index in [4.69, 9.17) is 0 Å². The molecule has 0 aromatic rings. The fourth-order valence-corrected chi connectivity index (χ4v) is 1.57. The molecule has 0 aromatic carbocycles. The van der Waals surface area contributed by atoms with Gasteiger partial charge in [-0.25, -0.2) is 0 Å². The van der Waals surface area contributed by atoms with Crippen molar-refractivity contribution >= 4 is 40.6 Å². The molecule has 3 heteroatoms. The number of carbonyl (C=O) groups excluding carboxylic acids is 1. The van der Waals surface area contributed by atoms with E-state index in [1.165, 1.54) is 0 Å². The van der Waals surface area contributed by atoms with Gasteiger partial charge in [0.1, 0.15) is 6.29 Å². The number of aldehydes is 1. The Morgan fingerprint density at radius 3 is 2.88 bits per heavy atom. The first kappa shape index (κ1) is 8.75. The Balaban J connectivity index is 2.98. The minimum atomic E-state index is 0.206. The maximum Gasteiger partial charge on any atom is 0.133 e. The van der Waals surface area contributed by atoms with Crippen molar-refractivity contribution in [1.82, 2.24) is 0 Å². The van der Waals surface area contributed by atoms with Gasteiger partial charge in [-0.1, -0.05) is 29.5 Å². The van der Waals surface area contributed by atoms with Crippen LogP contribution in [-0.4, -0.2) is 21.7 Å². The van der Waals surface area contributed by atoms with Crippen LogP contribution >= 0.6 is 34.4 Å². The molecular formula is C5H9IOS. The third-order valence-electron chi connectivity index (χ3n) is 0.629. The summed E-state index contributed by atoms with van der Waals surface area (Å²) in [5.41, 5.74) is 0. The van der Waals surface area contributed by atoms with Crippen molar-refractivity contribution in [3.8, 4) is 0 Å². The summed E-state index contributed by atoms with van der Waals surface area (Å²) in [6, 6.07) is 0. The van der Waals surface area contributed by atoms with Crippen LogP contribution in [0.1, 0.15) is 6.92 Å². The van der Waals surface area contributed by atoms with Gasteiger partial charge in [-0.15, -0.1) is 0 Å². The second-order valence-electron chi connectivity index (χ2n) is 1.31. The van der Waals surface area contributed by atoms with E-state index in [-0.39, 0.29) is 3.92 Å². The van der Waals surface area contributed by atoms with E-state index in [2.05, 4.69) is 29.5 Å². The highest BCUT2D eigenvalue weighted by molar-refractivity contribution is 14.1.